The summed E-state index contributed by atoms with van der Waals surface area (Å²) in [5.74, 6) is -1.23. The number of carbonyl (C=O) groups is 2. The molecule has 1 heterocycles. The predicted molar refractivity (Wildman–Crippen MR) is 218 cm³/mol. The molecule has 11 heteroatoms. The van der Waals surface area contributed by atoms with Crippen molar-refractivity contribution in [3.63, 3.8) is 0 Å². The van der Waals surface area contributed by atoms with Crippen LogP contribution in [0.5, 0.6) is 0 Å². The molecule has 0 bridgehead atoms. The molecule has 0 spiro atoms. The Bertz CT molecular complexity index is 2550. The Morgan fingerprint density at radius 3 is 1.98 bits per heavy atom. The highest BCUT2D eigenvalue weighted by Crippen LogP contribution is 2.44. The molecular weight excluding hydrogens is 729 g/mol. The third-order valence-corrected chi connectivity index (χ3v) is 11.1. The zero-order valence-corrected chi connectivity index (χ0v) is 32.9. The first-order chi connectivity index (χ1) is 26.7. The van der Waals surface area contributed by atoms with E-state index >= 15 is 0 Å². The first kappa shape index (κ1) is 39.9. The molecular formula is C45H46N2O8S. The zero-order chi connectivity index (χ0) is 40.1. The molecule has 290 valence electrons. The Balaban J connectivity index is 1.64. The fourth-order valence-corrected chi connectivity index (χ4v) is 8.36. The van der Waals surface area contributed by atoms with Gasteiger partial charge in [0.1, 0.15) is 28.0 Å². The Morgan fingerprint density at radius 2 is 1.34 bits per heavy atom. The second-order valence-corrected chi connectivity index (χ2v) is 15.6. The van der Waals surface area contributed by atoms with Gasteiger partial charge in [0.05, 0.1) is 11.0 Å². The van der Waals surface area contributed by atoms with Crippen LogP contribution in [0.4, 0.5) is 17.1 Å². The van der Waals surface area contributed by atoms with Crippen LogP contribution in [0.15, 0.2) is 106 Å². The van der Waals surface area contributed by atoms with Crippen LogP contribution >= 0.6 is 0 Å². The van der Waals surface area contributed by atoms with Gasteiger partial charge in [0.15, 0.2) is 0 Å². The average Bonchev–Trinajstić information content (AvgIpc) is 3.14. The molecule has 0 atom stereocenters. The standard InChI is InChI=1S/C45H46N2O8S/c1-29-13-11-14-30(2)44(29)46(25-9-7-19-41(48)49)33-21-23-35-38(27-33)55-39-28-34(22-24-36(39)43(35)37-17-5-6-18-40(37)56(52,53)54)47(26-10-8-20-42(50)51)45-31(3)15-12-16-32(45)4/h5-6,11-18,21-24,27-28H,7-10,19-20,25-26H2,1-4H3,(H2-,48,49,50,51,52,53,54). The van der Waals surface area contributed by atoms with Crippen LogP contribution in [-0.2, 0) is 19.7 Å². The minimum atomic E-state index is -4.87. The molecule has 1 aliphatic heterocycles. The van der Waals surface area contributed by atoms with E-state index in [1.807, 2.05) is 100 Å². The number of unbranched alkanes of at least 4 members (excludes halogenated alkanes) is 2. The number of anilines is 2. The normalized spacial score (nSPS) is 12.2. The molecule has 0 saturated heterocycles. The fraction of sp³-hybridized carbons (Fsp3) is 0.267. The molecule has 6 rings (SSSR count). The maximum atomic E-state index is 12.7. The van der Waals surface area contributed by atoms with E-state index in [9.17, 15) is 32.8 Å². The summed E-state index contributed by atoms with van der Waals surface area (Å²) in [5, 5.41) is 20.0. The number of aliphatic carboxylic acids is 2. The number of hydrogen-bond donors (Lipinski definition) is 2. The quantitative estimate of drug-likeness (QED) is 0.0451. The summed E-state index contributed by atoms with van der Waals surface area (Å²) in [4.78, 5) is 24.5. The van der Waals surface area contributed by atoms with Crippen LogP contribution in [0, 0.1) is 27.7 Å². The minimum Gasteiger partial charge on any atom is -0.744 e. The van der Waals surface area contributed by atoms with Crippen LogP contribution < -0.4 is 14.8 Å². The summed E-state index contributed by atoms with van der Waals surface area (Å²) < 4.78 is 47.0. The van der Waals surface area contributed by atoms with E-state index in [1.54, 1.807) is 12.1 Å². The molecule has 10 nitrogen and oxygen atoms in total. The molecule has 56 heavy (non-hydrogen) atoms. The highest BCUT2D eigenvalue weighted by molar-refractivity contribution is 7.85. The SMILES string of the molecule is Cc1cccc(C)c1N(CCCCC(=O)O)c1ccc2c(-c3ccccc3S(=O)(=O)[O-])c3ccc(=[N+](CCCCC(=O)O)c4c(C)cccc4C)cc-3oc2c1. The molecule has 0 radical (unpaired) electrons. The van der Waals surface area contributed by atoms with Crippen molar-refractivity contribution in [3.05, 3.63) is 125 Å². The molecule has 0 amide bonds. The molecule has 1 aliphatic carbocycles. The van der Waals surface area contributed by atoms with Crippen LogP contribution in [0.25, 0.3) is 33.4 Å². The Kier molecular flexibility index (Phi) is 12.1. The zero-order valence-electron chi connectivity index (χ0n) is 32.0. The summed E-state index contributed by atoms with van der Waals surface area (Å²) in [5.41, 5.74) is 8.87. The molecule has 0 aromatic heterocycles. The van der Waals surface area contributed by atoms with Gasteiger partial charge >= 0.3 is 11.9 Å². The monoisotopic (exact) mass is 774 g/mol. The highest BCUT2D eigenvalue weighted by atomic mass is 32.2. The van der Waals surface area contributed by atoms with E-state index in [2.05, 4.69) is 9.48 Å². The van der Waals surface area contributed by atoms with Crippen molar-refractivity contribution in [2.45, 2.75) is 71.1 Å². The van der Waals surface area contributed by atoms with E-state index in [4.69, 9.17) is 4.42 Å². The first-order valence-corrected chi connectivity index (χ1v) is 20.2. The predicted octanol–water partition coefficient (Wildman–Crippen LogP) is 9.09. The Morgan fingerprint density at radius 1 is 0.714 bits per heavy atom. The molecule has 4 aromatic carbocycles. The summed E-state index contributed by atoms with van der Waals surface area (Å²) in [6.45, 7) is 9.23. The molecule has 2 aliphatic rings. The van der Waals surface area contributed by atoms with Crippen molar-refractivity contribution >= 4 is 50.1 Å². The van der Waals surface area contributed by atoms with E-state index in [0.29, 0.717) is 66.6 Å². The van der Waals surface area contributed by atoms with Crippen molar-refractivity contribution in [2.75, 3.05) is 18.0 Å². The van der Waals surface area contributed by atoms with E-state index in [0.717, 1.165) is 44.7 Å². The number of fused-ring (bicyclic) bond motifs is 2. The average molecular weight is 775 g/mol. The van der Waals surface area contributed by atoms with Crippen molar-refractivity contribution in [1.29, 1.82) is 0 Å². The lowest BCUT2D eigenvalue weighted by molar-refractivity contribution is -0.138. The van der Waals surface area contributed by atoms with Crippen LogP contribution in [0.1, 0.15) is 60.8 Å². The molecule has 0 unspecified atom stereocenters. The number of carboxylic acid groups (broad SMARTS) is 2. The van der Waals surface area contributed by atoms with Gasteiger partial charge in [0.2, 0.25) is 11.0 Å². The van der Waals surface area contributed by atoms with Crippen molar-refractivity contribution in [3.8, 4) is 22.5 Å². The fourth-order valence-electron chi connectivity index (χ4n) is 7.68. The van der Waals surface area contributed by atoms with Crippen LogP contribution in [-0.4, -0.2) is 48.2 Å². The Hall–Kier alpha value is -5.78. The van der Waals surface area contributed by atoms with Gasteiger partial charge in [0.25, 0.3) is 0 Å². The number of nitrogens with zero attached hydrogens (tertiary/aromatic N) is 2. The number of benzene rings is 5. The van der Waals surface area contributed by atoms with Crippen LogP contribution in [0.3, 0.4) is 0 Å². The Labute approximate surface area is 327 Å². The first-order valence-electron chi connectivity index (χ1n) is 18.7. The maximum Gasteiger partial charge on any atom is 0.303 e. The summed E-state index contributed by atoms with van der Waals surface area (Å²) >= 11 is 0. The van der Waals surface area contributed by atoms with Gasteiger partial charge in [0, 0.05) is 82.5 Å². The lowest BCUT2D eigenvalue weighted by Gasteiger charge is -2.29. The van der Waals surface area contributed by atoms with Gasteiger partial charge in [-0.2, -0.15) is 4.58 Å². The lowest BCUT2D eigenvalue weighted by Crippen LogP contribution is -2.28. The third-order valence-electron chi connectivity index (χ3n) is 10.2. The largest absolute Gasteiger partial charge is 0.744 e. The second-order valence-electron chi connectivity index (χ2n) is 14.3. The van der Waals surface area contributed by atoms with Gasteiger partial charge in [-0.05, 0) is 82.3 Å². The molecule has 0 saturated carbocycles. The number of hydrogen-bond acceptors (Lipinski definition) is 7. The van der Waals surface area contributed by atoms with Gasteiger partial charge in [-0.15, -0.1) is 0 Å². The second kappa shape index (κ2) is 16.9. The number of para-hydroxylation sites is 2. The maximum absolute atomic E-state index is 12.7. The van der Waals surface area contributed by atoms with Gasteiger partial charge in [-0.25, -0.2) is 8.42 Å². The van der Waals surface area contributed by atoms with Gasteiger partial charge in [-0.3, -0.25) is 9.59 Å². The summed E-state index contributed by atoms with van der Waals surface area (Å²) in [6, 6.07) is 29.8. The molecule has 0 fully saturated rings. The third kappa shape index (κ3) is 8.69. The highest BCUT2D eigenvalue weighted by Gasteiger charge is 2.25. The van der Waals surface area contributed by atoms with E-state index < -0.39 is 22.1 Å². The number of rotatable bonds is 15. The van der Waals surface area contributed by atoms with Gasteiger partial charge in [-0.1, -0.05) is 54.6 Å². The molecule has 2 N–H and O–H groups in total. The van der Waals surface area contributed by atoms with Crippen molar-refractivity contribution in [1.82, 2.24) is 4.58 Å². The summed E-state index contributed by atoms with van der Waals surface area (Å²) in [6.07, 6.45) is 2.37. The summed E-state index contributed by atoms with van der Waals surface area (Å²) in [7, 11) is -4.87. The minimum absolute atomic E-state index is 0.0615. The molecule has 4 aromatic rings. The van der Waals surface area contributed by atoms with Crippen molar-refractivity contribution in [2.24, 2.45) is 0 Å². The van der Waals surface area contributed by atoms with E-state index in [-0.39, 0.29) is 23.3 Å². The number of aryl methyl sites for hydroxylation is 4. The van der Waals surface area contributed by atoms with Crippen molar-refractivity contribution < 1.29 is 37.2 Å². The topological polar surface area (TPSA) is 151 Å². The van der Waals surface area contributed by atoms with E-state index in [1.165, 1.54) is 12.1 Å². The number of carboxylic acids is 2. The van der Waals surface area contributed by atoms with Gasteiger partial charge < -0.3 is 24.1 Å². The smallest absolute Gasteiger partial charge is 0.303 e. The van der Waals surface area contributed by atoms with Crippen LogP contribution in [0.2, 0.25) is 0 Å². The lowest BCUT2D eigenvalue weighted by atomic mass is 9.93.